The van der Waals surface area contributed by atoms with Crippen LogP contribution >= 0.6 is 0 Å². The number of carbonyl (C=O) groups is 3. The minimum atomic E-state index is -0.875. The number of amides is 3. The molecule has 0 bridgehead atoms. The highest BCUT2D eigenvalue weighted by Crippen LogP contribution is 2.38. The van der Waals surface area contributed by atoms with Gasteiger partial charge in [0.1, 0.15) is 0 Å². The molecule has 3 amide bonds. The standard InChI is InChI=1S/C14H22N2O5/c17-11(3-1-2-4-12(18)19)16-14(20)15-10-7-8-21-13(10)9-5-6-9/h9-10,13H,1-8H2,(H,18,19)(H2,15,16,17,20). The van der Waals surface area contributed by atoms with Crippen molar-refractivity contribution in [2.45, 2.75) is 57.1 Å². The number of hydrogen-bond donors (Lipinski definition) is 3. The molecule has 2 rings (SSSR count). The first-order valence-electron chi connectivity index (χ1n) is 7.50. The Morgan fingerprint density at radius 2 is 1.81 bits per heavy atom. The Labute approximate surface area is 123 Å². The van der Waals surface area contributed by atoms with Crippen LogP contribution in [0.5, 0.6) is 0 Å². The Bertz CT molecular complexity index is 408. The van der Waals surface area contributed by atoms with E-state index >= 15 is 0 Å². The average Bonchev–Trinajstić information content (AvgIpc) is 3.15. The normalized spacial score (nSPS) is 24.6. The summed E-state index contributed by atoms with van der Waals surface area (Å²) in [5.41, 5.74) is 0. The maximum atomic E-state index is 11.7. The van der Waals surface area contributed by atoms with E-state index in [2.05, 4.69) is 10.6 Å². The molecule has 1 heterocycles. The van der Waals surface area contributed by atoms with Crippen molar-refractivity contribution in [2.24, 2.45) is 5.92 Å². The zero-order chi connectivity index (χ0) is 15.2. The van der Waals surface area contributed by atoms with E-state index in [1.807, 2.05) is 0 Å². The predicted octanol–water partition coefficient (Wildman–Crippen LogP) is 1.02. The molecule has 3 N–H and O–H groups in total. The molecule has 2 unspecified atom stereocenters. The lowest BCUT2D eigenvalue weighted by Crippen LogP contribution is -2.48. The molecule has 1 aliphatic carbocycles. The molecule has 0 radical (unpaired) electrons. The first-order valence-corrected chi connectivity index (χ1v) is 7.50. The van der Waals surface area contributed by atoms with Crippen LogP contribution in [0.1, 0.15) is 44.9 Å². The summed E-state index contributed by atoms with van der Waals surface area (Å²) in [6.45, 7) is 0.648. The van der Waals surface area contributed by atoms with Crippen LogP contribution in [-0.4, -0.2) is 41.8 Å². The number of unbranched alkanes of at least 4 members (excludes halogenated alkanes) is 1. The Balaban J connectivity index is 1.62. The number of rotatable bonds is 7. The number of imide groups is 1. The van der Waals surface area contributed by atoms with Gasteiger partial charge in [-0.1, -0.05) is 0 Å². The molecule has 2 fully saturated rings. The molecule has 0 aromatic carbocycles. The van der Waals surface area contributed by atoms with Gasteiger partial charge in [0.2, 0.25) is 5.91 Å². The highest BCUT2D eigenvalue weighted by atomic mass is 16.5. The van der Waals surface area contributed by atoms with E-state index in [0.29, 0.717) is 25.4 Å². The number of carboxylic acid groups (broad SMARTS) is 1. The van der Waals surface area contributed by atoms with Crippen molar-refractivity contribution in [2.75, 3.05) is 6.61 Å². The van der Waals surface area contributed by atoms with Crippen LogP contribution in [0.2, 0.25) is 0 Å². The van der Waals surface area contributed by atoms with Crippen molar-refractivity contribution >= 4 is 17.9 Å². The maximum absolute atomic E-state index is 11.7. The zero-order valence-corrected chi connectivity index (χ0v) is 12.0. The van der Waals surface area contributed by atoms with Crippen LogP contribution in [0.4, 0.5) is 4.79 Å². The number of nitrogens with one attached hydrogen (secondary N) is 2. The van der Waals surface area contributed by atoms with Crippen molar-refractivity contribution in [1.82, 2.24) is 10.6 Å². The third-order valence-electron chi connectivity index (χ3n) is 3.84. The number of carboxylic acids is 1. The van der Waals surface area contributed by atoms with Gasteiger partial charge in [-0.15, -0.1) is 0 Å². The van der Waals surface area contributed by atoms with E-state index in [1.165, 1.54) is 0 Å². The van der Waals surface area contributed by atoms with Crippen molar-refractivity contribution in [3.63, 3.8) is 0 Å². The zero-order valence-electron chi connectivity index (χ0n) is 12.0. The molecule has 2 aliphatic rings. The van der Waals surface area contributed by atoms with Crippen LogP contribution in [0.15, 0.2) is 0 Å². The van der Waals surface area contributed by atoms with E-state index in [4.69, 9.17) is 9.84 Å². The smallest absolute Gasteiger partial charge is 0.321 e. The molecule has 0 spiro atoms. The number of carbonyl (C=O) groups excluding carboxylic acids is 2. The highest BCUT2D eigenvalue weighted by Gasteiger charge is 2.41. The maximum Gasteiger partial charge on any atom is 0.321 e. The Hall–Kier alpha value is -1.63. The first-order chi connectivity index (χ1) is 10.1. The number of ether oxygens (including phenoxy) is 1. The lowest BCUT2D eigenvalue weighted by Gasteiger charge is -2.19. The third-order valence-corrected chi connectivity index (χ3v) is 3.84. The van der Waals surface area contributed by atoms with Gasteiger partial charge in [0, 0.05) is 19.4 Å². The quantitative estimate of drug-likeness (QED) is 0.609. The minimum Gasteiger partial charge on any atom is -0.481 e. The summed E-state index contributed by atoms with van der Waals surface area (Å²) in [6, 6.07) is -0.503. The highest BCUT2D eigenvalue weighted by molar-refractivity contribution is 5.94. The topological polar surface area (TPSA) is 105 Å². The van der Waals surface area contributed by atoms with E-state index < -0.39 is 12.0 Å². The Morgan fingerprint density at radius 3 is 2.48 bits per heavy atom. The van der Waals surface area contributed by atoms with Crippen molar-refractivity contribution in [1.29, 1.82) is 0 Å². The van der Waals surface area contributed by atoms with Gasteiger partial charge in [0.15, 0.2) is 0 Å². The van der Waals surface area contributed by atoms with E-state index in [9.17, 15) is 14.4 Å². The van der Waals surface area contributed by atoms with Gasteiger partial charge >= 0.3 is 12.0 Å². The average molecular weight is 298 g/mol. The van der Waals surface area contributed by atoms with E-state index in [1.54, 1.807) is 0 Å². The summed E-state index contributed by atoms with van der Waals surface area (Å²) in [5, 5.41) is 13.6. The van der Waals surface area contributed by atoms with Crippen LogP contribution in [0, 0.1) is 5.92 Å². The third kappa shape index (κ3) is 5.34. The molecule has 2 atom stereocenters. The molecular weight excluding hydrogens is 276 g/mol. The molecule has 0 aromatic heterocycles. The molecule has 7 heteroatoms. The predicted molar refractivity (Wildman–Crippen MR) is 73.6 cm³/mol. The van der Waals surface area contributed by atoms with Crippen LogP contribution in [0.25, 0.3) is 0 Å². The van der Waals surface area contributed by atoms with Gasteiger partial charge in [0.05, 0.1) is 12.1 Å². The Kier molecular flexibility index (Phi) is 5.55. The second-order valence-electron chi connectivity index (χ2n) is 5.69. The second kappa shape index (κ2) is 7.40. The summed E-state index contributed by atoms with van der Waals surface area (Å²) in [6.07, 6.45) is 4.26. The summed E-state index contributed by atoms with van der Waals surface area (Å²) in [7, 11) is 0. The van der Waals surface area contributed by atoms with E-state index in [0.717, 1.165) is 19.3 Å². The fourth-order valence-electron chi connectivity index (χ4n) is 2.61. The summed E-state index contributed by atoms with van der Waals surface area (Å²) in [5.74, 6) is -0.704. The molecule has 1 saturated heterocycles. The number of urea groups is 1. The van der Waals surface area contributed by atoms with Crippen LogP contribution in [0.3, 0.4) is 0 Å². The van der Waals surface area contributed by atoms with E-state index in [-0.39, 0.29) is 30.9 Å². The molecule has 21 heavy (non-hydrogen) atoms. The summed E-state index contributed by atoms with van der Waals surface area (Å²) < 4.78 is 5.61. The van der Waals surface area contributed by atoms with Crippen molar-refractivity contribution < 1.29 is 24.2 Å². The number of hydrogen-bond acceptors (Lipinski definition) is 4. The molecule has 118 valence electrons. The number of aliphatic carboxylic acids is 1. The van der Waals surface area contributed by atoms with Gasteiger partial charge in [0.25, 0.3) is 0 Å². The van der Waals surface area contributed by atoms with Gasteiger partial charge in [-0.2, -0.15) is 0 Å². The molecule has 1 aliphatic heterocycles. The van der Waals surface area contributed by atoms with Crippen LogP contribution in [-0.2, 0) is 14.3 Å². The van der Waals surface area contributed by atoms with Crippen LogP contribution < -0.4 is 10.6 Å². The lowest BCUT2D eigenvalue weighted by atomic mass is 10.1. The monoisotopic (exact) mass is 298 g/mol. The SMILES string of the molecule is O=C(O)CCCCC(=O)NC(=O)NC1CCOC1C1CC1. The largest absolute Gasteiger partial charge is 0.481 e. The molecular formula is C14H22N2O5. The molecule has 0 aromatic rings. The summed E-state index contributed by atoms with van der Waals surface area (Å²) in [4.78, 5) is 33.6. The minimum absolute atomic E-state index is 0.0164. The molecule has 7 nitrogen and oxygen atoms in total. The van der Waals surface area contributed by atoms with Gasteiger partial charge in [-0.3, -0.25) is 14.9 Å². The van der Waals surface area contributed by atoms with Crippen molar-refractivity contribution in [3.05, 3.63) is 0 Å². The fourth-order valence-corrected chi connectivity index (χ4v) is 2.61. The summed E-state index contributed by atoms with van der Waals surface area (Å²) >= 11 is 0. The van der Waals surface area contributed by atoms with Gasteiger partial charge in [-0.25, -0.2) is 4.79 Å². The second-order valence-corrected chi connectivity index (χ2v) is 5.69. The molecule has 1 saturated carbocycles. The Morgan fingerprint density at radius 1 is 1.10 bits per heavy atom. The fraction of sp³-hybridized carbons (Fsp3) is 0.786. The van der Waals surface area contributed by atoms with Crippen molar-refractivity contribution in [3.8, 4) is 0 Å². The van der Waals surface area contributed by atoms with Gasteiger partial charge in [-0.05, 0) is 38.0 Å². The lowest BCUT2D eigenvalue weighted by molar-refractivity contribution is -0.137. The van der Waals surface area contributed by atoms with Gasteiger partial charge < -0.3 is 15.2 Å². The first kappa shape index (κ1) is 15.8.